The van der Waals surface area contributed by atoms with E-state index in [1.807, 2.05) is 26.2 Å². The molecule has 0 unspecified atom stereocenters. The van der Waals surface area contributed by atoms with Gasteiger partial charge in [-0.15, -0.1) is 0 Å². The minimum Gasteiger partial charge on any atom is -0.372 e. The van der Waals surface area contributed by atoms with Crippen LogP contribution >= 0.6 is 0 Å². The fourth-order valence-electron chi connectivity index (χ4n) is 1.24. The topological polar surface area (TPSA) is 53.6 Å². The van der Waals surface area contributed by atoms with Gasteiger partial charge in [-0.05, 0) is 13.0 Å². The largest absolute Gasteiger partial charge is 0.372 e. The zero-order valence-corrected chi connectivity index (χ0v) is 7.05. The molecule has 0 aromatic carbocycles. The molecule has 4 heteroatoms. The lowest BCUT2D eigenvalue weighted by molar-refractivity contribution is 1.08. The lowest BCUT2D eigenvalue weighted by Crippen LogP contribution is -1.96. The Balaban J connectivity index is 2.80. The number of rotatable bonds is 1. The molecular formula is C8H10N4. The van der Waals surface area contributed by atoms with E-state index in [2.05, 4.69) is 20.3 Å². The first-order valence-corrected chi connectivity index (χ1v) is 3.81. The molecule has 62 valence electrons. The van der Waals surface area contributed by atoms with Gasteiger partial charge in [-0.1, -0.05) is 0 Å². The maximum Gasteiger partial charge on any atom is 0.143 e. The van der Waals surface area contributed by atoms with E-state index in [-0.39, 0.29) is 0 Å². The molecule has 2 aromatic rings. The highest BCUT2D eigenvalue weighted by atomic mass is 15.0. The molecule has 0 fully saturated rings. The van der Waals surface area contributed by atoms with Gasteiger partial charge >= 0.3 is 0 Å². The molecule has 0 aliphatic rings. The van der Waals surface area contributed by atoms with Gasteiger partial charge in [0, 0.05) is 13.2 Å². The van der Waals surface area contributed by atoms with E-state index in [0.717, 1.165) is 22.7 Å². The third kappa shape index (κ3) is 0.922. The van der Waals surface area contributed by atoms with Crippen LogP contribution in [-0.2, 0) is 0 Å². The molecule has 0 aliphatic heterocycles. The molecule has 0 aliphatic carbocycles. The summed E-state index contributed by atoms with van der Waals surface area (Å²) in [4.78, 5) is 11.5. The number of nitrogens with one attached hydrogen (secondary N) is 2. The Kier molecular flexibility index (Phi) is 1.46. The third-order valence-electron chi connectivity index (χ3n) is 1.76. The SMILES string of the molecule is CNc1nc(C)nc2[nH]ccc12. The van der Waals surface area contributed by atoms with E-state index in [1.54, 1.807) is 0 Å². The van der Waals surface area contributed by atoms with Gasteiger partial charge in [0.25, 0.3) is 0 Å². The van der Waals surface area contributed by atoms with Crippen molar-refractivity contribution >= 4 is 16.9 Å². The van der Waals surface area contributed by atoms with Crippen molar-refractivity contribution in [2.45, 2.75) is 6.92 Å². The number of aromatic nitrogens is 3. The lowest BCUT2D eigenvalue weighted by atomic mass is 10.4. The zero-order valence-electron chi connectivity index (χ0n) is 7.05. The second-order valence-electron chi connectivity index (χ2n) is 2.61. The molecule has 4 nitrogen and oxygen atoms in total. The Morgan fingerprint density at radius 3 is 3.00 bits per heavy atom. The molecular weight excluding hydrogens is 152 g/mol. The van der Waals surface area contributed by atoms with Crippen molar-refractivity contribution in [3.05, 3.63) is 18.1 Å². The number of anilines is 1. The molecule has 0 atom stereocenters. The van der Waals surface area contributed by atoms with Gasteiger partial charge in [-0.2, -0.15) is 0 Å². The Bertz CT molecular complexity index is 404. The van der Waals surface area contributed by atoms with Crippen molar-refractivity contribution < 1.29 is 0 Å². The van der Waals surface area contributed by atoms with Crippen molar-refractivity contribution in [3.63, 3.8) is 0 Å². The maximum absolute atomic E-state index is 4.25. The zero-order chi connectivity index (χ0) is 8.55. The van der Waals surface area contributed by atoms with Gasteiger partial charge in [0.15, 0.2) is 0 Å². The molecule has 2 aromatic heterocycles. The maximum atomic E-state index is 4.25. The first-order chi connectivity index (χ1) is 5.81. The summed E-state index contributed by atoms with van der Waals surface area (Å²) < 4.78 is 0. The van der Waals surface area contributed by atoms with Crippen molar-refractivity contribution in [3.8, 4) is 0 Å². The summed E-state index contributed by atoms with van der Waals surface area (Å²) in [6.07, 6.45) is 1.86. The van der Waals surface area contributed by atoms with Crippen LogP contribution in [-0.4, -0.2) is 22.0 Å². The summed E-state index contributed by atoms with van der Waals surface area (Å²) in [6, 6.07) is 1.96. The summed E-state index contributed by atoms with van der Waals surface area (Å²) in [5.41, 5.74) is 0.881. The highest BCUT2D eigenvalue weighted by molar-refractivity contribution is 5.86. The number of aromatic amines is 1. The Hall–Kier alpha value is -1.58. The summed E-state index contributed by atoms with van der Waals surface area (Å²) in [7, 11) is 1.86. The number of hydrogen-bond donors (Lipinski definition) is 2. The monoisotopic (exact) mass is 162 g/mol. The predicted molar refractivity (Wildman–Crippen MR) is 48.2 cm³/mol. The van der Waals surface area contributed by atoms with Gasteiger partial charge in [-0.25, -0.2) is 9.97 Å². The van der Waals surface area contributed by atoms with E-state index >= 15 is 0 Å². The Labute approximate surface area is 70.0 Å². The molecule has 0 bridgehead atoms. The van der Waals surface area contributed by atoms with Gasteiger partial charge in [0.2, 0.25) is 0 Å². The van der Waals surface area contributed by atoms with Crippen molar-refractivity contribution in [2.75, 3.05) is 12.4 Å². The first kappa shape index (κ1) is 7.09. The van der Waals surface area contributed by atoms with Crippen molar-refractivity contribution in [1.29, 1.82) is 0 Å². The highest BCUT2D eigenvalue weighted by Crippen LogP contribution is 2.17. The predicted octanol–water partition coefficient (Wildman–Crippen LogP) is 1.31. The molecule has 12 heavy (non-hydrogen) atoms. The number of H-pyrrole nitrogens is 1. The average Bonchev–Trinajstić information content (AvgIpc) is 2.50. The number of nitrogens with zero attached hydrogens (tertiary/aromatic N) is 2. The van der Waals surface area contributed by atoms with Gasteiger partial charge in [0.05, 0.1) is 5.39 Å². The third-order valence-corrected chi connectivity index (χ3v) is 1.76. The average molecular weight is 162 g/mol. The number of aryl methyl sites for hydroxylation is 1. The van der Waals surface area contributed by atoms with Crippen LogP contribution in [0.3, 0.4) is 0 Å². The van der Waals surface area contributed by atoms with Gasteiger partial charge < -0.3 is 10.3 Å². The van der Waals surface area contributed by atoms with E-state index < -0.39 is 0 Å². The van der Waals surface area contributed by atoms with E-state index in [4.69, 9.17) is 0 Å². The van der Waals surface area contributed by atoms with Crippen molar-refractivity contribution in [2.24, 2.45) is 0 Å². The summed E-state index contributed by atoms with van der Waals surface area (Å²) >= 11 is 0. The molecule has 0 saturated heterocycles. The van der Waals surface area contributed by atoms with Crippen LogP contribution in [0.2, 0.25) is 0 Å². The van der Waals surface area contributed by atoms with Gasteiger partial charge in [-0.3, -0.25) is 0 Å². The standard InChI is InChI=1S/C8H10N4/c1-5-11-7(9-2)6-3-4-10-8(6)12-5/h3-4H,1-2H3,(H2,9,10,11,12). The molecule has 0 radical (unpaired) electrons. The minimum absolute atomic E-state index is 0.773. The quantitative estimate of drug-likeness (QED) is 0.664. The molecule has 0 saturated carbocycles. The fraction of sp³-hybridized carbons (Fsp3) is 0.250. The Morgan fingerprint density at radius 1 is 1.42 bits per heavy atom. The van der Waals surface area contributed by atoms with Crippen LogP contribution in [0.25, 0.3) is 11.0 Å². The van der Waals surface area contributed by atoms with Crippen LogP contribution in [0.1, 0.15) is 5.82 Å². The molecule has 2 rings (SSSR count). The fourth-order valence-corrected chi connectivity index (χ4v) is 1.24. The molecule has 2 N–H and O–H groups in total. The highest BCUT2D eigenvalue weighted by Gasteiger charge is 2.03. The van der Waals surface area contributed by atoms with E-state index in [0.29, 0.717) is 0 Å². The molecule has 0 amide bonds. The lowest BCUT2D eigenvalue weighted by Gasteiger charge is -2.00. The van der Waals surface area contributed by atoms with E-state index in [9.17, 15) is 0 Å². The second-order valence-corrected chi connectivity index (χ2v) is 2.61. The normalized spacial score (nSPS) is 10.5. The molecule has 2 heterocycles. The first-order valence-electron chi connectivity index (χ1n) is 3.81. The van der Waals surface area contributed by atoms with Crippen LogP contribution in [0.15, 0.2) is 12.3 Å². The number of hydrogen-bond acceptors (Lipinski definition) is 3. The summed E-state index contributed by atoms with van der Waals surface area (Å²) in [5, 5.41) is 4.06. The molecule has 0 spiro atoms. The van der Waals surface area contributed by atoms with Crippen LogP contribution < -0.4 is 5.32 Å². The summed E-state index contributed by atoms with van der Waals surface area (Å²) in [5.74, 6) is 1.65. The minimum atomic E-state index is 0.773. The van der Waals surface area contributed by atoms with Gasteiger partial charge in [0.1, 0.15) is 17.3 Å². The van der Waals surface area contributed by atoms with Crippen LogP contribution in [0.5, 0.6) is 0 Å². The smallest absolute Gasteiger partial charge is 0.143 e. The van der Waals surface area contributed by atoms with E-state index in [1.165, 1.54) is 0 Å². The Morgan fingerprint density at radius 2 is 2.25 bits per heavy atom. The number of fused-ring (bicyclic) bond motifs is 1. The second kappa shape index (κ2) is 2.48. The van der Waals surface area contributed by atoms with Crippen LogP contribution in [0.4, 0.5) is 5.82 Å². The van der Waals surface area contributed by atoms with Crippen molar-refractivity contribution in [1.82, 2.24) is 15.0 Å². The summed E-state index contributed by atoms with van der Waals surface area (Å²) in [6.45, 7) is 1.88. The van der Waals surface area contributed by atoms with Crippen LogP contribution in [0, 0.1) is 6.92 Å².